The van der Waals surface area contributed by atoms with Gasteiger partial charge in [0.05, 0.1) is 12.3 Å². The van der Waals surface area contributed by atoms with Gasteiger partial charge >= 0.3 is 0 Å². The summed E-state index contributed by atoms with van der Waals surface area (Å²) in [5, 5.41) is 12.2. The van der Waals surface area contributed by atoms with E-state index in [1.807, 2.05) is 42.1 Å². The van der Waals surface area contributed by atoms with E-state index in [2.05, 4.69) is 34.0 Å². The molecule has 4 rings (SSSR count). The molecule has 1 saturated heterocycles. The average Bonchev–Trinajstić information content (AvgIpc) is 3.38. The van der Waals surface area contributed by atoms with Gasteiger partial charge in [0.1, 0.15) is 5.82 Å². The Labute approximate surface area is 165 Å². The molecule has 0 bridgehead atoms. The molecule has 0 unspecified atom stereocenters. The first kappa shape index (κ1) is 18.8. The zero-order valence-corrected chi connectivity index (χ0v) is 17.0. The number of nitrogens with zero attached hydrogens (tertiary/aromatic N) is 5. The Morgan fingerprint density at radius 2 is 1.96 bits per heavy atom. The molecule has 7 heteroatoms. The van der Waals surface area contributed by atoms with E-state index < -0.39 is 0 Å². The van der Waals surface area contributed by atoms with Crippen LogP contribution in [0.4, 0.5) is 0 Å². The number of H-pyrrole nitrogens is 1. The molecule has 148 valence electrons. The Hall–Kier alpha value is -2.51. The Balaban J connectivity index is 1.54. The summed E-state index contributed by atoms with van der Waals surface area (Å²) in [4.78, 5) is 7.29. The molecule has 3 aromatic rings. The number of aromatic nitrogens is 5. The van der Waals surface area contributed by atoms with E-state index >= 15 is 0 Å². The predicted octanol–water partition coefficient (Wildman–Crippen LogP) is 2.68. The van der Waals surface area contributed by atoms with Crippen molar-refractivity contribution in [1.82, 2.24) is 29.9 Å². The number of likely N-dealkylation sites (tertiary alicyclic amines) is 1. The molecule has 0 amide bonds. The molecule has 3 heterocycles. The van der Waals surface area contributed by atoms with Crippen LogP contribution < -0.4 is 0 Å². The van der Waals surface area contributed by atoms with Crippen LogP contribution in [0.15, 0.2) is 30.3 Å². The Morgan fingerprint density at radius 1 is 1.18 bits per heavy atom. The van der Waals surface area contributed by atoms with E-state index in [4.69, 9.17) is 9.72 Å². The second kappa shape index (κ2) is 7.85. The summed E-state index contributed by atoms with van der Waals surface area (Å²) in [7, 11) is 3.77. The highest BCUT2D eigenvalue weighted by molar-refractivity contribution is 5.54. The Morgan fingerprint density at radius 3 is 2.64 bits per heavy atom. The predicted molar refractivity (Wildman–Crippen MR) is 108 cm³/mol. The summed E-state index contributed by atoms with van der Waals surface area (Å²) in [6, 6.07) is 10.1. The molecule has 1 aliphatic rings. The molecule has 2 atom stereocenters. The first-order valence-electron chi connectivity index (χ1n) is 9.75. The fraction of sp³-hybridized carbons (Fsp3) is 0.476. The number of aromatic amines is 1. The highest BCUT2D eigenvalue weighted by atomic mass is 16.5. The van der Waals surface area contributed by atoms with E-state index in [0.717, 1.165) is 42.5 Å². The summed E-state index contributed by atoms with van der Waals surface area (Å²) in [6.45, 7) is 7.76. The van der Waals surface area contributed by atoms with Gasteiger partial charge in [-0.25, -0.2) is 4.98 Å². The van der Waals surface area contributed by atoms with Crippen LogP contribution in [0.5, 0.6) is 0 Å². The zero-order valence-electron chi connectivity index (χ0n) is 17.0. The van der Waals surface area contributed by atoms with Gasteiger partial charge in [0, 0.05) is 62.4 Å². The Kier molecular flexibility index (Phi) is 5.28. The molecular weight excluding hydrogens is 352 g/mol. The van der Waals surface area contributed by atoms with Crippen molar-refractivity contribution in [2.24, 2.45) is 13.0 Å². The van der Waals surface area contributed by atoms with Gasteiger partial charge in [-0.3, -0.25) is 14.7 Å². The number of hydrogen-bond acceptors (Lipinski definition) is 5. The summed E-state index contributed by atoms with van der Waals surface area (Å²) >= 11 is 0. The van der Waals surface area contributed by atoms with Crippen molar-refractivity contribution in [3.63, 3.8) is 0 Å². The lowest BCUT2D eigenvalue weighted by Gasteiger charge is -2.16. The van der Waals surface area contributed by atoms with Crippen molar-refractivity contribution in [3.8, 4) is 11.4 Å². The largest absolute Gasteiger partial charge is 0.384 e. The van der Waals surface area contributed by atoms with Gasteiger partial charge in [0.15, 0.2) is 5.82 Å². The van der Waals surface area contributed by atoms with E-state index in [-0.39, 0.29) is 5.92 Å². The molecule has 1 fully saturated rings. The standard InChI is InChI=1S/C21H28N6O/c1-14-18(15(2)26(3)25-14)11-27-10-17(13-28-4)19(12-27)21-22-20(23-24-21)16-8-6-5-7-9-16/h5-9,17,19H,10-13H2,1-4H3,(H,22,23,24)/t17-,19+/m0/s1. The first-order chi connectivity index (χ1) is 13.6. The van der Waals surface area contributed by atoms with E-state index in [1.165, 1.54) is 11.3 Å². The van der Waals surface area contributed by atoms with Crippen LogP contribution in [-0.2, 0) is 18.3 Å². The number of ether oxygens (including phenoxy) is 1. The zero-order chi connectivity index (χ0) is 19.7. The number of methoxy groups -OCH3 is 1. The van der Waals surface area contributed by atoms with Crippen LogP contribution in [0.2, 0.25) is 0 Å². The molecule has 7 nitrogen and oxygen atoms in total. The van der Waals surface area contributed by atoms with E-state index in [1.54, 1.807) is 7.11 Å². The minimum absolute atomic E-state index is 0.280. The van der Waals surface area contributed by atoms with Crippen molar-refractivity contribution in [2.75, 3.05) is 26.8 Å². The molecule has 1 N–H and O–H groups in total. The molecule has 0 radical (unpaired) electrons. The third-order valence-electron chi connectivity index (χ3n) is 5.82. The molecule has 1 aromatic carbocycles. The minimum atomic E-state index is 0.280. The van der Waals surface area contributed by atoms with E-state index in [9.17, 15) is 0 Å². The maximum Gasteiger partial charge on any atom is 0.181 e. The lowest BCUT2D eigenvalue weighted by Crippen LogP contribution is -2.22. The third kappa shape index (κ3) is 3.59. The summed E-state index contributed by atoms with van der Waals surface area (Å²) in [5.74, 6) is 2.37. The van der Waals surface area contributed by atoms with Gasteiger partial charge in [-0.1, -0.05) is 30.3 Å². The quantitative estimate of drug-likeness (QED) is 0.712. The lowest BCUT2D eigenvalue weighted by molar-refractivity contribution is 0.146. The second-order valence-electron chi connectivity index (χ2n) is 7.70. The second-order valence-corrected chi connectivity index (χ2v) is 7.70. The average molecular weight is 380 g/mol. The summed E-state index contributed by atoms with van der Waals surface area (Å²) < 4.78 is 7.48. The molecule has 0 aliphatic carbocycles. The van der Waals surface area contributed by atoms with Gasteiger partial charge in [-0.05, 0) is 13.8 Å². The number of hydrogen-bond donors (Lipinski definition) is 1. The normalized spacial score (nSPS) is 20.1. The smallest absolute Gasteiger partial charge is 0.181 e. The van der Waals surface area contributed by atoms with Gasteiger partial charge < -0.3 is 4.74 Å². The summed E-state index contributed by atoms with van der Waals surface area (Å²) in [6.07, 6.45) is 0. The minimum Gasteiger partial charge on any atom is -0.384 e. The van der Waals surface area contributed by atoms with Gasteiger partial charge in [-0.2, -0.15) is 10.2 Å². The van der Waals surface area contributed by atoms with E-state index in [0.29, 0.717) is 12.5 Å². The SMILES string of the molecule is COC[C@@H]1CN(Cc2c(C)nn(C)c2C)C[C@H]1c1nc(-c2ccccc2)n[nH]1. The maximum atomic E-state index is 5.51. The molecule has 1 aliphatic heterocycles. The van der Waals surface area contributed by atoms with Crippen LogP contribution in [0, 0.1) is 19.8 Å². The highest BCUT2D eigenvalue weighted by Gasteiger charge is 2.36. The fourth-order valence-electron chi connectivity index (χ4n) is 4.21. The lowest BCUT2D eigenvalue weighted by atomic mass is 9.96. The van der Waals surface area contributed by atoms with Crippen LogP contribution in [0.1, 0.15) is 28.7 Å². The van der Waals surface area contributed by atoms with Gasteiger partial charge in [-0.15, -0.1) is 0 Å². The molecular formula is C21H28N6O. The first-order valence-corrected chi connectivity index (χ1v) is 9.75. The van der Waals surface area contributed by atoms with Crippen LogP contribution in [0.3, 0.4) is 0 Å². The van der Waals surface area contributed by atoms with Crippen LogP contribution in [-0.4, -0.2) is 56.7 Å². The number of benzene rings is 1. The molecule has 28 heavy (non-hydrogen) atoms. The van der Waals surface area contributed by atoms with Crippen molar-refractivity contribution in [3.05, 3.63) is 53.1 Å². The number of nitrogens with one attached hydrogen (secondary N) is 1. The Bertz CT molecular complexity index is 932. The van der Waals surface area contributed by atoms with Crippen LogP contribution >= 0.6 is 0 Å². The molecule has 2 aromatic heterocycles. The monoisotopic (exact) mass is 380 g/mol. The molecule has 0 spiro atoms. The van der Waals surface area contributed by atoms with Gasteiger partial charge in [0.2, 0.25) is 0 Å². The van der Waals surface area contributed by atoms with Crippen molar-refractivity contribution in [1.29, 1.82) is 0 Å². The van der Waals surface area contributed by atoms with Crippen molar-refractivity contribution >= 4 is 0 Å². The number of rotatable bonds is 6. The van der Waals surface area contributed by atoms with Crippen molar-refractivity contribution in [2.45, 2.75) is 26.3 Å². The summed E-state index contributed by atoms with van der Waals surface area (Å²) in [5.41, 5.74) is 4.69. The third-order valence-corrected chi connectivity index (χ3v) is 5.82. The molecule has 0 saturated carbocycles. The highest BCUT2D eigenvalue weighted by Crippen LogP contribution is 2.33. The topological polar surface area (TPSA) is 71.9 Å². The maximum absolute atomic E-state index is 5.51. The van der Waals surface area contributed by atoms with Crippen molar-refractivity contribution < 1.29 is 4.74 Å². The van der Waals surface area contributed by atoms with Gasteiger partial charge in [0.25, 0.3) is 0 Å². The van der Waals surface area contributed by atoms with Crippen LogP contribution in [0.25, 0.3) is 11.4 Å². The fourth-order valence-corrected chi connectivity index (χ4v) is 4.21. The number of aryl methyl sites for hydroxylation is 2.